The Morgan fingerprint density at radius 1 is 0.893 bits per heavy atom. The lowest BCUT2D eigenvalue weighted by atomic mass is 10.1. The Morgan fingerprint density at radius 3 is 1.86 bits per heavy atom. The van der Waals surface area contributed by atoms with Gasteiger partial charge in [0.2, 0.25) is 0 Å². The Kier molecular flexibility index (Phi) is 9.87. The first kappa shape index (κ1) is 24.3. The van der Waals surface area contributed by atoms with Crippen LogP contribution in [-0.2, 0) is 33.5 Å². The maximum Gasteiger partial charge on any atom is 0.523 e. The van der Waals surface area contributed by atoms with Gasteiger partial charge in [-0.2, -0.15) is 21.6 Å². The number of halogens is 3. The summed E-state index contributed by atoms with van der Waals surface area (Å²) in [5, 5.41) is 0.520. The van der Waals surface area contributed by atoms with Gasteiger partial charge in [-0.3, -0.25) is 13.8 Å². The molecule has 0 aliphatic carbocycles. The van der Waals surface area contributed by atoms with E-state index in [1.54, 1.807) is 0 Å². The molecule has 0 aromatic heterocycles. The molecule has 162 valence electrons. The van der Waals surface area contributed by atoms with Crippen molar-refractivity contribution in [1.82, 2.24) is 5.06 Å². The van der Waals surface area contributed by atoms with Gasteiger partial charge in [-0.05, 0) is 12.8 Å². The predicted molar refractivity (Wildman–Crippen MR) is 89.7 cm³/mol. The quantitative estimate of drug-likeness (QED) is 0.191. The zero-order valence-corrected chi connectivity index (χ0v) is 16.1. The van der Waals surface area contributed by atoms with E-state index in [9.17, 15) is 36.0 Å². The summed E-state index contributed by atoms with van der Waals surface area (Å²) < 4.78 is 61.3. The van der Waals surface area contributed by atoms with Gasteiger partial charge in [0, 0.05) is 19.3 Å². The number of rotatable bonds is 13. The third-order valence-corrected chi connectivity index (χ3v) is 5.04. The predicted octanol–water partition coefficient (Wildman–Crippen LogP) is 2.97. The number of carbonyl (C=O) groups excluding carboxylic acids is 3. The molecule has 1 heterocycles. The number of hydrogen-bond donors (Lipinski definition) is 0. The highest BCUT2D eigenvalue weighted by molar-refractivity contribution is 7.87. The van der Waals surface area contributed by atoms with Crippen LogP contribution in [0.5, 0.6) is 0 Å². The van der Waals surface area contributed by atoms with E-state index >= 15 is 0 Å². The van der Waals surface area contributed by atoms with Gasteiger partial charge in [-0.25, -0.2) is 4.79 Å². The van der Waals surface area contributed by atoms with Gasteiger partial charge < -0.3 is 4.84 Å². The molecule has 1 saturated heterocycles. The number of hydroxylamine groups is 2. The van der Waals surface area contributed by atoms with E-state index in [-0.39, 0.29) is 25.7 Å². The Balaban J connectivity index is 1.95. The van der Waals surface area contributed by atoms with Crippen molar-refractivity contribution >= 4 is 27.9 Å². The fraction of sp³-hybridized carbons (Fsp3) is 0.812. The number of hydrogen-bond acceptors (Lipinski definition) is 7. The van der Waals surface area contributed by atoms with Crippen LogP contribution in [0, 0.1) is 0 Å². The molecule has 0 aromatic rings. The molecule has 2 amide bonds. The lowest BCUT2D eigenvalue weighted by molar-refractivity contribution is -0.197. The maximum absolute atomic E-state index is 12.0. The van der Waals surface area contributed by atoms with E-state index in [4.69, 9.17) is 4.84 Å². The van der Waals surface area contributed by atoms with Crippen molar-refractivity contribution in [3.8, 4) is 0 Å². The minimum Gasteiger partial charge on any atom is -0.330 e. The van der Waals surface area contributed by atoms with Crippen molar-refractivity contribution in [3.63, 3.8) is 0 Å². The molecule has 0 atom stereocenters. The van der Waals surface area contributed by atoms with Crippen LogP contribution in [-0.4, -0.2) is 43.4 Å². The van der Waals surface area contributed by atoms with Gasteiger partial charge in [-0.1, -0.05) is 38.5 Å². The van der Waals surface area contributed by atoms with Gasteiger partial charge in [0.05, 0.1) is 6.61 Å². The van der Waals surface area contributed by atoms with Crippen molar-refractivity contribution in [2.75, 3.05) is 6.61 Å². The van der Waals surface area contributed by atoms with E-state index in [2.05, 4.69) is 4.18 Å². The van der Waals surface area contributed by atoms with Crippen molar-refractivity contribution in [2.45, 2.75) is 76.1 Å². The number of unbranched alkanes of at least 4 members (excludes halogenated alkanes) is 7. The number of imide groups is 1. The molecule has 12 heteroatoms. The van der Waals surface area contributed by atoms with Crippen molar-refractivity contribution < 1.29 is 45.0 Å². The van der Waals surface area contributed by atoms with Crippen LogP contribution in [0.2, 0.25) is 0 Å². The van der Waals surface area contributed by atoms with Crippen LogP contribution in [0.3, 0.4) is 0 Å². The highest BCUT2D eigenvalue weighted by atomic mass is 32.2. The van der Waals surface area contributed by atoms with Crippen LogP contribution < -0.4 is 0 Å². The third kappa shape index (κ3) is 8.55. The second kappa shape index (κ2) is 11.3. The van der Waals surface area contributed by atoms with Crippen LogP contribution in [0.4, 0.5) is 13.2 Å². The number of nitrogens with zero attached hydrogens (tertiary/aromatic N) is 1. The zero-order chi connectivity index (χ0) is 21.2. The molecule has 1 aliphatic rings. The molecule has 0 spiro atoms. The molecule has 0 bridgehead atoms. The summed E-state index contributed by atoms with van der Waals surface area (Å²) in [6.45, 7) is -0.494. The first-order valence-corrected chi connectivity index (χ1v) is 10.5. The molecule has 28 heavy (non-hydrogen) atoms. The smallest absolute Gasteiger partial charge is 0.330 e. The average molecular weight is 431 g/mol. The molecule has 1 rings (SSSR count). The monoisotopic (exact) mass is 431 g/mol. The Hall–Kier alpha value is -1.69. The van der Waals surface area contributed by atoms with E-state index in [0.29, 0.717) is 17.9 Å². The van der Waals surface area contributed by atoms with E-state index in [0.717, 1.165) is 32.1 Å². The van der Waals surface area contributed by atoms with Gasteiger partial charge in [0.1, 0.15) is 0 Å². The standard InChI is InChI=1S/C16H24F3NO7S/c17-16(18,19)28(24,25)26-12-8-6-4-2-1-3-5-7-9-15(23)27-20-13(21)10-11-14(20)22/h1-12H2. The first-order valence-electron chi connectivity index (χ1n) is 9.07. The van der Waals surface area contributed by atoms with Crippen LogP contribution in [0.25, 0.3) is 0 Å². The lowest BCUT2D eigenvalue weighted by Crippen LogP contribution is -2.31. The topological polar surface area (TPSA) is 107 Å². The summed E-state index contributed by atoms with van der Waals surface area (Å²) in [5.74, 6) is -1.66. The Morgan fingerprint density at radius 2 is 1.36 bits per heavy atom. The summed E-state index contributed by atoms with van der Waals surface area (Å²) in [7, 11) is -5.50. The summed E-state index contributed by atoms with van der Waals surface area (Å²) in [6, 6.07) is 0. The Labute approximate surface area is 161 Å². The fourth-order valence-corrected chi connectivity index (χ4v) is 2.94. The molecular weight excluding hydrogens is 407 g/mol. The molecule has 0 unspecified atom stereocenters. The van der Waals surface area contributed by atoms with E-state index in [1.807, 2.05) is 0 Å². The Bertz CT molecular complexity index is 633. The number of alkyl halides is 3. The molecule has 1 aliphatic heterocycles. The second-order valence-corrected chi connectivity index (χ2v) is 7.95. The SMILES string of the molecule is O=C(CCCCCCCCCCOS(=O)(=O)C(F)(F)F)ON1C(=O)CCC1=O. The van der Waals surface area contributed by atoms with Crippen molar-refractivity contribution in [2.24, 2.45) is 0 Å². The molecular formula is C16H24F3NO7S. The summed E-state index contributed by atoms with van der Waals surface area (Å²) in [5.41, 5.74) is -5.39. The normalized spacial score (nSPS) is 15.3. The van der Waals surface area contributed by atoms with Crippen LogP contribution in [0.1, 0.15) is 70.6 Å². The van der Waals surface area contributed by atoms with Crippen LogP contribution >= 0.6 is 0 Å². The second-order valence-electron chi connectivity index (χ2n) is 6.35. The highest BCUT2D eigenvalue weighted by Gasteiger charge is 2.47. The van der Waals surface area contributed by atoms with E-state index < -0.39 is 40.0 Å². The molecule has 8 nitrogen and oxygen atoms in total. The molecule has 0 radical (unpaired) electrons. The van der Waals surface area contributed by atoms with Gasteiger partial charge in [0.15, 0.2) is 0 Å². The summed E-state index contributed by atoms with van der Waals surface area (Å²) in [4.78, 5) is 38.9. The van der Waals surface area contributed by atoms with Crippen LogP contribution in [0.15, 0.2) is 0 Å². The maximum atomic E-state index is 12.0. The summed E-state index contributed by atoms with van der Waals surface area (Å²) in [6.07, 6.45) is 5.54. The van der Waals surface area contributed by atoms with Crippen molar-refractivity contribution in [1.29, 1.82) is 0 Å². The van der Waals surface area contributed by atoms with Crippen molar-refractivity contribution in [3.05, 3.63) is 0 Å². The number of carbonyl (C=O) groups is 3. The molecule has 0 aromatic carbocycles. The fourth-order valence-electron chi connectivity index (χ4n) is 2.47. The highest BCUT2D eigenvalue weighted by Crippen LogP contribution is 2.24. The molecule has 0 N–H and O–H groups in total. The minimum absolute atomic E-state index is 0.0520. The minimum atomic E-state index is -5.50. The van der Waals surface area contributed by atoms with Gasteiger partial charge in [-0.15, -0.1) is 5.06 Å². The largest absolute Gasteiger partial charge is 0.523 e. The zero-order valence-electron chi connectivity index (χ0n) is 15.3. The average Bonchev–Trinajstić information content (AvgIpc) is 2.90. The molecule has 0 saturated carbocycles. The lowest BCUT2D eigenvalue weighted by Gasteiger charge is -2.12. The third-order valence-electron chi connectivity index (χ3n) is 4.00. The summed E-state index contributed by atoms with van der Waals surface area (Å²) >= 11 is 0. The molecule has 1 fully saturated rings. The first-order chi connectivity index (χ1) is 13.0. The van der Waals surface area contributed by atoms with Gasteiger partial charge in [0.25, 0.3) is 11.8 Å². The van der Waals surface area contributed by atoms with Gasteiger partial charge >= 0.3 is 21.6 Å². The van der Waals surface area contributed by atoms with E-state index in [1.165, 1.54) is 0 Å². The number of amides is 2.